The fraction of sp³-hybridized carbons (Fsp3) is 0.929. The van der Waals surface area contributed by atoms with Gasteiger partial charge in [-0.2, -0.15) is 0 Å². The number of nitrogens with one attached hydrogen (secondary N) is 1. The molecule has 1 aliphatic carbocycles. The van der Waals surface area contributed by atoms with E-state index in [1.165, 1.54) is 19.3 Å². The van der Waals surface area contributed by atoms with Gasteiger partial charge in [-0.25, -0.2) is 0 Å². The molecule has 2 unspecified atom stereocenters. The summed E-state index contributed by atoms with van der Waals surface area (Å²) in [4.78, 5) is 14.1. The molecule has 1 aliphatic heterocycles. The molecule has 0 spiro atoms. The average molecular weight is 238 g/mol. The van der Waals surface area contributed by atoms with E-state index in [0.29, 0.717) is 17.4 Å². The fourth-order valence-corrected chi connectivity index (χ4v) is 2.76. The van der Waals surface area contributed by atoms with Crippen molar-refractivity contribution >= 4 is 5.91 Å². The van der Waals surface area contributed by atoms with Crippen molar-refractivity contribution < 1.29 is 4.79 Å². The second-order valence-electron chi connectivity index (χ2n) is 6.23. The summed E-state index contributed by atoms with van der Waals surface area (Å²) >= 11 is 0. The lowest BCUT2D eigenvalue weighted by Crippen LogP contribution is -2.40. The van der Waals surface area contributed by atoms with Crippen LogP contribution < -0.4 is 5.32 Å². The number of hydrogen-bond donors (Lipinski definition) is 1. The highest BCUT2D eigenvalue weighted by Gasteiger charge is 2.45. The molecule has 17 heavy (non-hydrogen) atoms. The summed E-state index contributed by atoms with van der Waals surface area (Å²) in [6.07, 6.45) is 5.57. The normalized spacial score (nSPS) is 27.8. The third-order valence-corrected chi connectivity index (χ3v) is 4.95. The zero-order chi connectivity index (χ0) is 12.5. The van der Waals surface area contributed by atoms with Crippen molar-refractivity contribution in [3.05, 3.63) is 0 Å². The monoisotopic (exact) mass is 238 g/mol. The molecular formula is C14H26N2O. The summed E-state index contributed by atoms with van der Waals surface area (Å²) in [7, 11) is 1.98. The average Bonchev–Trinajstić information content (AvgIpc) is 2.87. The molecule has 1 amide bonds. The molecule has 2 atom stereocenters. The van der Waals surface area contributed by atoms with E-state index >= 15 is 0 Å². The molecule has 1 N–H and O–H groups in total. The van der Waals surface area contributed by atoms with Crippen LogP contribution in [0.15, 0.2) is 0 Å². The summed E-state index contributed by atoms with van der Waals surface area (Å²) in [6.45, 7) is 6.72. The van der Waals surface area contributed by atoms with Crippen LogP contribution in [0.3, 0.4) is 0 Å². The first-order valence-electron chi connectivity index (χ1n) is 6.99. The van der Waals surface area contributed by atoms with E-state index in [0.717, 1.165) is 31.8 Å². The Hall–Kier alpha value is -0.570. The Morgan fingerprint density at radius 1 is 1.53 bits per heavy atom. The van der Waals surface area contributed by atoms with E-state index in [2.05, 4.69) is 19.2 Å². The van der Waals surface area contributed by atoms with Gasteiger partial charge in [0.05, 0.1) is 0 Å². The van der Waals surface area contributed by atoms with Gasteiger partial charge in [0.1, 0.15) is 0 Å². The van der Waals surface area contributed by atoms with E-state index in [4.69, 9.17) is 0 Å². The number of hydrogen-bond acceptors (Lipinski definition) is 2. The summed E-state index contributed by atoms with van der Waals surface area (Å²) in [5.74, 6) is 1.05. The lowest BCUT2D eigenvalue weighted by molar-refractivity contribution is -0.133. The first-order chi connectivity index (χ1) is 8.03. The van der Waals surface area contributed by atoms with Crippen LogP contribution in [0.4, 0.5) is 0 Å². The molecule has 3 nitrogen and oxygen atoms in total. The first kappa shape index (κ1) is 12.9. The van der Waals surface area contributed by atoms with Crippen molar-refractivity contribution in [3.8, 4) is 0 Å². The van der Waals surface area contributed by atoms with E-state index < -0.39 is 0 Å². The zero-order valence-corrected chi connectivity index (χ0v) is 11.5. The van der Waals surface area contributed by atoms with Crippen LogP contribution in [0.2, 0.25) is 0 Å². The maximum atomic E-state index is 12.1. The molecule has 98 valence electrons. The summed E-state index contributed by atoms with van der Waals surface area (Å²) in [5, 5.41) is 3.36. The third-order valence-electron chi connectivity index (χ3n) is 4.95. The van der Waals surface area contributed by atoms with Crippen molar-refractivity contribution in [1.82, 2.24) is 10.2 Å². The number of rotatable bonds is 5. The van der Waals surface area contributed by atoms with E-state index in [-0.39, 0.29) is 0 Å². The van der Waals surface area contributed by atoms with Crippen LogP contribution in [-0.4, -0.2) is 37.0 Å². The highest BCUT2D eigenvalue weighted by molar-refractivity contribution is 5.76. The SMILES string of the molecule is CC(N(C)C(=O)CCC1CCNC1)C1(C)CC1. The minimum atomic E-state index is 0.331. The van der Waals surface area contributed by atoms with Gasteiger partial charge in [0, 0.05) is 19.5 Å². The fourth-order valence-electron chi connectivity index (χ4n) is 2.76. The van der Waals surface area contributed by atoms with Crippen molar-refractivity contribution in [2.45, 2.75) is 52.0 Å². The summed E-state index contributed by atoms with van der Waals surface area (Å²) in [6, 6.07) is 0.400. The van der Waals surface area contributed by atoms with Gasteiger partial charge in [-0.05, 0) is 57.0 Å². The van der Waals surface area contributed by atoms with Crippen LogP contribution in [-0.2, 0) is 4.79 Å². The Balaban J connectivity index is 1.74. The molecule has 1 heterocycles. The predicted molar refractivity (Wildman–Crippen MR) is 69.8 cm³/mol. The largest absolute Gasteiger partial charge is 0.343 e. The van der Waals surface area contributed by atoms with E-state index in [9.17, 15) is 4.79 Å². The topological polar surface area (TPSA) is 32.3 Å². The quantitative estimate of drug-likeness (QED) is 0.795. The number of carbonyl (C=O) groups excluding carboxylic acids is 1. The van der Waals surface area contributed by atoms with Gasteiger partial charge >= 0.3 is 0 Å². The van der Waals surface area contributed by atoms with Gasteiger partial charge in [0.15, 0.2) is 0 Å². The molecule has 0 radical (unpaired) electrons. The second-order valence-corrected chi connectivity index (χ2v) is 6.23. The maximum absolute atomic E-state index is 12.1. The van der Waals surface area contributed by atoms with Crippen LogP contribution in [0, 0.1) is 11.3 Å². The summed E-state index contributed by atoms with van der Waals surface area (Å²) in [5.41, 5.74) is 0.402. The molecular weight excluding hydrogens is 212 g/mol. The Bertz CT molecular complexity index is 280. The van der Waals surface area contributed by atoms with E-state index in [1.807, 2.05) is 11.9 Å². The van der Waals surface area contributed by atoms with Gasteiger partial charge in [0.25, 0.3) is 0 Å². The highest BCUT2D eigenvalue weighted by Crippen LogP contribution is 2.49. The Kier molecular flexibility index (Phi) is 3.76. The lowest BCUT2D eigenvalue weighted by atomic mass is 9.98. The van der Waals surface area contributed by atoms with Crippen molar-refractivity contribution in [1.29, 1.82) is 0 Å². The maximum Gasteiger partial charge on any atom is 0.222 e. The van der Waals surface area contributed by atoms with Crippen LogP contribution in [0.25, 0.3) is 0 Å². The van der Waals surface area contributed by atoms with Gasteiger partial charge in [-0.3, -0.25) is 4.79 Å². The minimum Gasteiger partial charge on any atom is -0.343 e. The third kappa shape index (κ3) is 3.01. The molecule has 2 fully saturated rings. The Morgan fingerprint density at radius 2 is 2.24 bits per heavy atom. The number of nitrogens with zero attached hydrogens (tertiary/aromatic N) is 1. The van der Waals surface area contributed by atoms with Crippen molar-refractivity contribution in [2.75, 3.05) is 20.1 Å². The minimum absolute atomic E-state index is 0.331. The molecule has 3 heteroatoms. The standard InChI is InChI=1S/C14H26N2O/c1-11(14(2)7-8-14)16(3)13(17)5-4-12-6-9-15-10-12/h11-12,15H,4-10H2,1-3H3. The molecule has 0 aromatic carbocycles. The molecule has 0 bridgehead atoms. The number of amides is 1. The second kappa shape index (κ2) is 4.97. The lowest BCUT2D eigenvalue weighted by Gasteiger charge is -2.30. The molecule has 1 saturated heterocycles. The number of carbonyl (C=O) groups is 1. The predicted octanol–water partition coefficient (Wildman–Crippen LogP) is 2.02. The molecule has 2 rings (SSSR count). The molecule has 0 aromatic heterocycles. The van der Waals surface area contributed by atoms with Gasteiger partial charge in [0.2, 0.25) is 5.91 Å². The zero-order valence-electron chi connectivity index (χ0n) is 11.5. The highest BCUT2D eigenvalue weighted by atomic mass is 16.2. The first-order valence-corrected chi connectivity index (χ1v) is 6.99. The van der Waals surface area contributed by atoms with Gasteiger partial charge in [-0.15, -0.1) is 0 Å². The molecule has 1 saturated carbocycles. The van der Waals surface area contributed by atoms with Crippen molar-refractivity contribution in [2.24, 2.45) is 11.3 Å². The molecule has 0 aromatic rings. The van der Waals surface area contributed by atoms with Crippen molar-refractivity contribution in [3.63, 3.8) is 0 Å². The van der Waals surface area contributed by atoms with E-state index in [1.54, 1.807) is 0 Å². The smallest absolute Gasteiger partial charge is 0.222 e. The van der Waals surface area contributed by atoms with Crippen LogP contribution >= 0.6 is 0 Å². The summed E-state index contributed by atoms with van der Waals surface area (Å²) < 4.78 is 0. The molecule has 2 aliphatic rings. The van der Waals surface area contributed by atoms with Crippen LogP contribution in [0.5, 0.6) is 0 Å². The van der Waals surface area contributed by atoms with Gasteiger partial charge < -0.3 is 10.2 Å². The Morgan fingerprint density at radius 3 is 2.76 bits per heavy atom. The Labute approximate surface area is 105 Å². The van der Waals surface area contributed by atoms with Gasteiger partial charge in [-0.1, -0.05) is 6.92 Å². The van der Waals surface area contributed by atoms with Crippen LogP contribution in [0.1, 0.15) is 46.0 Å².